The van der Waals surface area contributed by atoms with E-state index in [0.29, 0.717) is 23.8 Å². The van der Waals surface area contributed by atoms with E-state index in [1.807, 2.05) is 12.1 Å². The molecule has 1 aliphatic carbocycles. The van der Waals surface area contributed by atoms with Crippen molar-refractivity contribution in [2.75, 3.05) is 14.1 Å². The van der Waals surface area contributed by atoms with Gasteiger partial charge in [-0.05, 0) is 87.5 Å². The number of halogens is 3. The third kappa shape index (κ3) is 5.25. The molecule has 3 aromatic rings. The first kappa shape index (κ1) is 22.6. The molecule has 1 fully saturated rings. The topological polar surface area (TPSA) is 42.2 Å². The van der Waals surface area contributed by atoms with E-state index in [1.54, 1.807) is 6.08 Å². The van der Waals surface area contributed by atoms with Crippen molar-refractivity contribution in [2.45, 2.75) is 31.7 Å². The van der Waals surface area contributed by atoms with Gasteiger partial charge in [-0.15, -0.1) is 0 Å². The largest absolute Gasteiger partial charge is 0.334 e. The maximum atomic E-state index is 13.9. The number of aromatic nitrogens is 2. The van der Waals surface area contributed by atoms with Crippen LogP contribution in [0.5, 0.6) is 0 Å². The van der Waals surface area contributed by atoms with Crippen molar-refractivity contribution in [3.05, 3.63) is 76.7 Å². The van der Waals surface area contributed by atoms with Crippen LogP contribution < -0.4 is 0 Å². The molecule has 0 spiro atoms. The van der Waals surface area contributed by atoms with Gasteiger partial charge in [-0.3, -0.25) is 0 Å². The Morgan fingerprint density at radius 3 is 2.44 bits per heavy atom. The monoisotopic (exact) mass is 457 g/mol. The van der Waals surface area contributed by atoms with Crippen molar-refractivity contribution >= 4 is 17.7 Å². The average Bonchev–Trinajstić information content (AvgIpc) is 3.23. The predicted molar refractivity (Wildman–Crippen MR) is 122 cm³/mol. The molecule has 1 heterocycles. The minimum absolute atomic E-state index is 0.114. The highest BCUT2D eigenvalue weighted by Crippen LogP contribution is 2.40. The molecule has 32 heavy (non-hydrogen) atoms. The van der Waals surface area contributed by atoms with Gasteiger partial charge in [0.2, 0.25) is 5.82 Å². The molecule has 4 rings (SSSR count). The summed E-state index contributed by atoms with van der Waals surface area (Å²) in [5, 5.41) is 4.58. The number of hydrogen-bond acceptors (Lipinski definition) is 4. The first-order valence-corrected chi connectivity index (χ1v) is 11.2. The third-order valence-corrected chi connectivity index (χ3v) is 6.41. The van der Waals surface area contributed by atoms with Gasteiger partial charge in [0.25, 0.3) is 5.89 Å². The highest BCUT2D eigenvalue weighted by Gasteiger charge is 2.29. The van der Waals surface area contributed by atoms with Crippen LogP contribution >= 0.6 is 11.6 Å². The summed E-state index contributed by atoms with van der Waals surface area (Å²) in [6.45, 7) is 0. The molecular weight excluding hydrogens is 432 g/mol. The van der Waals surface area contributed by atoms with E-state index in [-0.39, 0.29) is 11.4 Å². The highest BCUT2D eigenvalue weighted by molar-refractivity contribution is 6.30. The van der Waals surface area contributed by atoms with E-state index in [2.05, 4.69) is 47.3 Å². The van der Waals surface area contributed by atoms with Crippen LogP contribution in [-0.4, -0.2) is 29.1 Å². The Morgan fingerprint density at radius 2 is 1.78 bits per heavy atom. The zero-order valence-electron chi connectivity index (χ0n) is 18.1. The van der Waals surface area contributed by atoms with Crippen LogP contribution in [0, 0.1) is 23.5 Å². The van der Waals surface area contributed by atoms with Crippen LogP contribution in [0.1, 0.15) is 43.2 Å². The SMILES string of the molecule is CN(C)C(c1ccc(Cl)cc1)C1CCC(/C=C/c2nc(-c3ccc(F)cc3F)no2)CC1. The van der Waals surface area contributed by atoms with E-state index in [9.17, 15) is 8.78 Å². The van der Waals surface area contributed by atoms with E-state index in [0.717, 1.165) is 36.8 Å². The highest BCUT2D eigenvalue weighted by atomic mass is 35.5. The Kier molecular flexibility index (Phi) is 7.01. The average molecular weight is 458 g/mol. The minimum Gasteiger partial charge on any atom is -0.334 e. The van der Waals surface area contributed by atoms with Crippen LogP contribution in [0.25, 0.3) is 17.5 Å². The zero-order chi connectivity index (χ0) is 22.7. The van der Waals surface area contributed by atoms with Gasteiger partial charge < -0.3 is 9.42 Å². The van der Waals surface area contributed by atoms with Crippen molar-refractivity contribution < 1.29 is 13.3 Å². The van der Waals surface area contributed by atoms with Crippen molar-refractivity contribution in [3.8, 4) is 11.4 Å². The van der Waals surface area contributed by atoms with Crippen LogP contribution in [0.3, 0.4) is 0 Å². The van der Waals surface area contributed by atoms with Gasteiger partial charge in [-0.2, -0.15) is 4.98 Å². The Morgan fingerprint density at radius 1 is 1.06 bits per heavy atom. The second kappa shape index (κ2) is 9.92. The minimum atomic E-state index is -0.712. The standard InChI is InChI=1S/C25H26ClF2N3O/c1-31(2)24(18-8-10-19(26)11-9-18)17-6-3-16(4-7-17)5-14-23-29-25(30-32-23)21-13-12-20(27)15-22(21)28/h5,8-17,24H,3-4,6-7H2,1-2H3/b14-5+. The van der Waals surface area contributed by atoms with Gasteiger partial charge in [0, 0.05) is 17.1 Å². The van der Waals surface area contributed by atoms with Crippen molar-refractivity contribution in [1.82, 2.24) is 15.0 Å². The van der Waals surface area contributed by atoms with Gasteiger partial charge in [-0.25, -0.2) is 8.78 Å². The second-order valence-corrected chi connectivity index (χ2v) is 9.01. The second-order valence-electron chi connectivity index (χ2n) is 8.57. The molecule has 168 valence electrons. The number of hydrogen-bond donors (Lipinski definition) is 0. The molecule has 0 saturated heterocycles. The van der Waals surface area contributed by atoms with E-state index < -0.39 is 11.6 Å². The number of allylic oxidation sites excluding steroid dienone is 1. The molecule has 0 N–H and O–H groups in total. The van der Waals surface area contributed by atoms with Gasteiger partial charge in [-0.1, -0.05) is 35.0 Å². The lowest BCUT2D eigenvalue weighted by molar-refractivity contribution is 0.159. The van der Waals surface area contributed by atoms with Crippen LogP contribution in [0.2, 0.25) is 5.02 Å². The number of rotatable bonds is 6. The lowest BCUT2D eigenvalue weighted by atomic mass is 9.76. The van der Waals surface area contributed by atoms with E-state index >= 15 is 0 Å². The molecule has 1 atom stereocenters. The van der Waals surface area contributed by atoms with Gasteiger partial charge in [0.1, 0.15) is 11.6 Å². The summed E-state index contributed by atoms with van der Waals surface area (Å²) >= 11 is 6.06. The molecule has 0 radical (unpaired) electrons. The summed E-state index contributed by atoms with van der Waals surface area (Å²) in [4.78, 5) is 6.51. The Balaban J connectivity index is 1.37. The third-order valence-electron chi connectivity index (χ3n) is 6.16. The summed E-state index contributed by atoms with van der Waals surface area (Å²) in [6.07, 6.45) is 8.29. The fraction of sp³-hybridized carbons (Fsp3) is 0.360. The first-order chi connectivity index (χ1) is 15.4. The summed E-state index contributed by atoms with van der Waals surface area (Å²) in [5.74, 6) is 0.0825. The molecule has 1 aromatic heterocycles. The van der Waals surface area contributed by atoms with Crippen molar-refractivity contribution in [1.29, 1.82) is 0 Å². The maximum absolute atomic E-state index is 13.9. The lowest BCUT2D eigenvalue weighted by Crippen LogP contribution is -2.30. The first-order valence-electron chi connectivity index (χ1n) is 10.8. The fourth-order valence-electron chi connectivity index (χ4n) is 4.61. The van der Waals surface area contributed by atoms with Gasteiger partial charge in [0.05, 0.1) is 5.56 Å². The normalized spacial score (nSPS) is 20.2. The molecule has 1 aliphatic rings. The quantitative estimate of drug-likeness (QED) is 0.408. The molecule has 0 bridgehead atoms. The molecule has 0 amide bonds. The summed E-state index contributed by atoms with van der Waals surface area (Å²) in [5.41, 5.74) is 1.41. The zero-order valence-corrected chi connectivity index (χ0v) is 18.9. The predicted octanol–water partition coefficient (Wildman–Crippen LogP) is 6.79. The van der Waals surface area contributed by atoms with Crippen molar-refractivity contribution in [2.24, 2.45) is 11.8 Å². The van der Waals surface area contributed by atoms with Gasteiger partial charge in [0.15, 0.2) is 0 Å². The van der Waals surface area contributed by atoms with Crippen LogP contribution in [0.4, 0.5) is 8.78 Å². The molecule has 4 nitrogen and oxygen atoms in total. The van der Waals surface area contributed by atoms with Crippen LogP contribution in [-0.2, 0) is 0 Å². The number of benzene rings is 2. The van der Waals surface area contributed by atoms with Crippen molar-refractivity contribution in [3.63, 3.8) is 0 Å². The molecule has 2 aromatic carbocycles. The van der Waals surface area contributed by atoms with E-state index in [4.69, 9.17) is 16.1 Å². The number of nitrogens with zero attached hydrogens (tertiary/aromatic N) is 3. The Bertz CT molecular complexity index is 1070. The smallest absolute Gasteiger partial charge is 0.250 e. The summed E-state index contributed by atoms with van der Waals surface area (Å²) < 4.78 is 32.3. The maximum Gasteiger partial charge on any atom is 0.250 e. The molecule has 1 unspecified atom stereocenters. The lowest BCUT2D eigenvalue weighted by Gasteiger charge is -2.37. The van der Waals surface area contributed by atoms with E-state index in [1.165, 1.54) is 17.7 Å². The molecule has 1 saturated carbocycles. The van der Waals surface area contributed by atoms with Crippen LogP contribution in [0.15, 0.2) is 53.1 Å². The Hall–Kier alpha value is -2.57. The molecule has 7 heteroatoms. The summed E-state index contributed by atoms with van der Waals surface area (Å²) in [7, 11) is 4.25. The fourth-order valence-corrected chi connectivity index (χ4v) is 4.73. The van der Waals surface area contributed by atoms with Gasteiger partial charge >= 0.3 is 0 Å². The molecular formula is C25H26ClF2N3O. The summed E-state index contributed by atoms with van der Waals surface area (Å²) in [6, 6.07) is 11.8. The Labute approximate surface area is 191 Å². The molecule has 0 aliphatic heterocycles.